The molecule has 5 N–H and O–H groups in total. The van der Waals surface area contributed by atoms with Gasteiger partial charge in [-0.1, -0.05) is 0 Å². The molecular formula is C8H12BrN3O. The summed E-state index contributed by atoms with van der Waals surface area (Å²) < 4.78 is 0.751. The van der Waals surface area contributed by atoms with Crippen LogP contribution in [0, 0.1) is 0 Å². The predicted molar refractivity (Wildman–Crippen MR) is 55.0 cm³/mol. The normalized spacial score (nSPS) is 15.4. The summed E-state index contributed by atoms with van der Waals surface area (Å²) in [5.74, 6) is 0.392. The van der Waals surface area contributed by atoms with E-state index in [-0.39, 0.29) is 6.61 Å². The maximum absolute atomic E-state index is 9.06. The molecule has 0 radical (unpaired) electrons. The molecule has 1 rings (SSSR count). The molecule has 5 heteroatoms. The summed E-state index contributed by atoms with van der Waals surface area (Å²) in [6, 6.07) is 1.65. The Hall–Kier alpha value is -0.650. The standard InChI is InChI=1S/C8H12BrN3O/c1-8(11,4-13)5-2-7(10)12-3-6(5)9/h2-3,13H,4,11H2,1H3,(H2,10,12)/t8-/m0/s1. The molecule has 0 unspecified atom stereocenters. The van der Waals surface area contributed by atoms with Crippen LogP contribution < -0.4 is 11.5 Å². The maximum Gasteiger partial charge on any atom is 0.123 e. The van der Waals surface area contributed by atoms with E-state index in [2.05, 4.69) is 20.9 Å². The molecule has 0 aliphatic rings. The molecule has 1 heterocycles. The van der Waals surface area contributed by atoms with Crippen molar-refractivity contribution in [2.24, 2.45) is 5.73 Å². The summed E-state index contributed by atoms with van der Waals surface area (Å²) in [5, 5.41) is 9.06. The van der Waals surface area contributed by atoms with E-state index in [9.17, 15) is 0 Å². The van der Waals surface area contributed by atoms with Gasteiger partial charge in [-0.2, -0.15) is 0 Å². The van der Waals surface area contributed by atoms with E-state index in [4.69, 9.17) is 16.6 Å². The molecule has 0 spiro atoms. The summed E-state index contributed by atoms with van der Waals surface area (Å²) in [4.78, 5) is 3.88. The Bertz CT molecular complexity index is 314. The second kappa shape index (κ2) is 3.61. The van der Waals surface area contributed by atoms with Crippen molar-refractivity contribution in [3.8, 4) is 0 Å². The average molecular weight is 246 g/mol. The first kappa shape index (κ1) is 10.4. The zero-order valence-electron chi connectivity index (χ0n) is 7.29. The molecule has 0 amide bonds. The van der Waals surface area contributed by atoms with E-state index >= 15 is 0 Å². The van der Waals surface area contributed by atoms with Crippen molar-refractivity contribution in [2.45, 2.75) is 12.5 Å². The molecule has 0 saturated heterocycles. The predicted octanol–water partition coefficient (Wildman–Crippen LogP) is 0.593. The summed E-state index contributed by atoms with van der Waals surface area (Å²) >= 11 is 3.30. The van der Waals surface area contributed by atoms with Crippen molar-refractivity contribution < 1.29 is 5.11 Å². The minimum absolute atomic E-state index is 0.144. The molecule has 1 aromatic heterocycles. The van der Waals surface area contributed by atoms with Gasteiger partial charge in [-0.05, 0) is 34.5 Å². The number of halogens is 1. The Morgan fingerprint density at radius 2 is 2.31 bits per heavy atom. The van der Waals surface area contributed by atoms with Crippen molar-refractivity contribution in [1.29, 1.82) is 0 Å². The van der Waals surface area contributed by atoms with Crippen LogP contribution in [0.4, 0.5) is 5.82 Å². The molecule has 1 atom stereocenters. The van der Waals surface area contributed by atoms with Crippen LogP contribution in [0.3, 0.4) is 0 Å². The lowest BCUT2D eigenvalue weighted by molar-refractivity contribution is 0.209. The van der Waals surface area contributed by atoms with Crippen LogP contribution >= 0.6 is 15.9 Å². The smallest absolute Gasteiger partial charge is 0.123 e. The first-order valence-electron chi connectivity index (χ1n) is 3.78. The monoisotopic (exact) mass is 245 g/mol. The van der Waals surface area contributed by atoms with Gasteiger partial charge < -0.3 is 16.6 Å². The van der Waals surface area contributed by atoms with E-state index in [1.807, 2.05) is 0 Å². The number of nitrogens with two attached hydrogens (primary N) is 2. The van der Waals surface area contributed by atoms with Crippen molar-refractivity contribution >= 4 is 21.7 Å². The molecule has 72 valence electrons. The Balaban J connectivity index is 3.20. The lowest BCUT2D eigenvalue weighted by Gasteiger charge is -2.23. The van der Waals surface area contributed by atoms with E-state index in [1.54, 1.807) is 19.2 Å². The van der Waals surface area contributed by atoms with Crippen LogP contribution in [0.25, 0.3) is 0 Å². The second-order valence-electron chi connectivity index (χ2n) is 3.16. The Labute approximate surface area is 85.1 Å². The first-order valence-corrected chi connectivity index (χ1v) is 4.58. The second-order valence-corrected chi connectivity index (χ2v) is 4.02. The molecule has 0 aliphatic carbocycles. The Morgan fingerprint density at radius 1 is 1.69 bits per heavy atom. The van der Waals surface area contributed by atoms with Gasteiger partial charge in [-0.3, -0.25) is 0 Å². The van der Waals surface area contributed by atoms with Gasteiger partial charge in [0.25, 0.3) is 0 Å². The van der Waals surface area contributed by atoms with E-state index in [0.717, 1.165) is 10.0 Å². The molecular weight excluding hydrogens is 234 g/mol. The molecule has 4 nitrogen and oxygen atoms in total. The van der Waals surface area contributed by atoms with Gasteiger partial charge in [-0.25, -0.2) is 4.98 Å². The van der Waals surface area contributed by atoms with Crippen LogP contribution in [-0.4, -0.2) is 16.7 Å². The van der Waals surface area contributed by atoms with Gasteiger partial charge in [0.2, 0.25) is 0 Å². The summed E-state index contributed by atoms with van der Waals surface area (Å²) in [7, 11) is 0. The average Bonchev–Trinajstić information content (AvgIpc) is 2.09. The minimum Gasteiger partial charge on any atom is -0.394 e. The van der Waals surface area contributed by atoms with Gasteiger partial charge in [-0.15, -0.1) is 0 Å². The number of aromatic nitrogens is 1. The van der Waals surface area contributed by atoms with Crippen LogP contribution in [0.2, 0.25) is 0 Å². The quantitative estimate of drug-likeness (QED) is 0.713. The maximum atomic E-state index is 9.06. The van der Waals surface area contributed by atoms with Crippen molar-refractivity contribution in [3.63, 3.8) is 0 Å². The van der Waals surface area contributed by atoms with E-state index < -0.39 is 5.54 Å². The zero-order chi connectivity index (χ0) is 10.1. The lowest BCUT2D eigenvalue weighted by Crippen LogP contribution is -2.37. The van der Waals surface area contributed by atoms with Gasteiger partial charge in [0.1, 0.15) is 5.82 Å². The number of nitrogens with zero attached hydrogens (tertiary/aromatic N) is 1. The van der Waals surface area contributed by atoms with Crippen LogP contribution in [0.5, 0.6) is 0 Å². The molecule has 0 bridgehead atoms. The largest absolute Gasteiger partial charge is 0.394 e. The highest BCUT2D eigenvalue weighted by atomic mass is 79.9. The Kier molecular flexibility index (Phi) is 2.90. The minimum atomic E-state index is -0.796. The van der Waals surface area contributed by atoms with Crippen molar-refractivity contribution in [1.82, 2.24) is 4.98 Å². The van der Waals surface area contributed by atoms with Crippen LogP contribution in [0.1, 0.15) is 12.5 Å². The van der Waals surface area contributed by atoms with Gasteiger partial charge in [0.05, 0.1) is 12.1 Å². The highest BCUT2D eigenvalue weighted by Crippen LogP contribution is 2.26. The summed E-state index contributed by atoms with van der Waals surface area (Å²) in [5.41, 5.74) is 11.3. The van der Waals surface area contributed by atoms with Crippen LogP contribution in [-0.2, 0) is 5.54 Å². The van der Waals surface area contributed by atoms with Crippen LogP contribution in [0.15, 0.2) is 16.7 Å². The van der Waals surface area contributed by atoms with Gasteiger partial charge >= 0.3 is 0 Å². The molecule has 0 aromatic carbocycles. The fourth-order valence-electron chi connectivity index (χ4n) is 0.978. The third-order valence-corrected chi connectivity index (χ3v) is 2.45. The highest BCUT2D eigenvalue weighted by Gasteiger charge is 2.23. The summed E-state index contributed by atoms with van der Waals surface area (Å²) in [6.45, 7) is 1.58. The number of nitrogen functional groups attached to an aromatic ring is 1. The zero-order valence-corrected chi connectivity index (χ0v) is 8.87. The lowest BCUT2D eigenvalue weighted by atomic mass is 9.95. The number of hydrogen-bond donors (Lipinski definition) is 3. The van der Waals surface area contributed by atoms with E-state index in [1.165, 1.54) is 0 Å². The highest BCUT2D eigenvalue weighted by molar-refractivity contribution is 9.10. The number of pyridine rings is 1. The number of anilines is 1. The fourth-order valence-corrected chi connectivity index (χ4v) is 1.65. The molecule has 0 saturated carbocycles. The van der Waals surface area contributed by atoms with Gasteiger partial charge in [0, 0.05) is 10.7 Å². The number of rotatable bonds is 2. The number of aliphatic hydroxyl groups is 1. The molecule has 13 heavy (non-hydrogen) atoms. The molecule has 0 aliphatic heterocycles. The number of aliphatic hydroxyl groups excluding tert-OH is 1. The summed E-state index contributed by atoms with van der Waals surface area (Å²) in [6.07, 6.45) is 1.57. The van der Waals surface area contributed by atoms with E-state index in [0.29, 0.717) is 5.82 Å². The first-order chi connectivity index (χ1) is 5.97. The van der Waals surface area contributed by atoms with Crippen molar-refractivity contribution in [3.05, 3.63) is 22.3 Å². The third-order valence-electron chi connectivity index (χ3n) is 1.82. The third kappa shape index (κ3) is 2.18. The Morgan fingerprint density at radius 3 is 2.85 bits per heavy atom. The fraction of sp³-hybridized carbons (Fsp3) is 0.375. The topological polar surface area (TPSA) is 85.2 Å². The van der Waals surface area contributed by atoms with Crippen molar-refractivity contribution in [2.75, 3.05) is 12.3 Å². The number of hydrogen-bond acceptors (Lipinski definition) is 4. The van der Waals surface area contributed by atoms with Gasteiger partial charge in [0.15, 0.2) is 0 Å². The molecule has 0 fully saturated rings. The SMILES string of the molecule is C[C@](N)(CO)c1cc(N)ncc1Br. The molecule has 1 aromatic rings.